The summed E-state index contributed by atoms with van der Waals surface area (Å²) in [6.45, 7) is 1.93. The minimum Gasteiger partial charge on any atom is -0.497 e. The van der Waals surface area contributed by atoms with Crippen molar-refractivity contribution >= 4 is 6.03 Å². The van der Waals surface area contributed by atoms with Crippen molar-refractivity contribution in [2.75, 3.05) is 33.9 Å². The summed E-state index contributed by atoms with van der Waals surface area (Å²) >= 11 is 0. The van der Waals surface area contributed by atoms with E-state index < -0.39 is 0 Å². The molecule has 0 spiro atoms. The molecule has 1 unspecified atom stereocenters. The molecule has 1 aliphatic rings. The third kappa shape index (κ3) is 4.01. The lowest BCUT2D eigenvalue weighted by Gasteiger charge is -2.17. The predicted octanol–water partition coefficient (Wildman–Crippen LogP) is 0.989. The van der Waals surface area contributed by atoms with E-state index in [2.05, 4.69) is 5.32 Å². The summed E-state index contributed by atoms with van der Waals surface area (Å²) in [4.78, 5) is 13.7. The van der Waals surface area contributed by atoms with Crippen LogP contribution in [0.5, 0.6) is 11.5 Å². The lowest BCUT2D eigenvalue weighted by Crippen LogP contribution is -2.40. The van der Waals surface area contributed by atoms with Crippen LogP contribution in [0, 0.1) is 0 Å². The van der Waals surface area contributed by atoms with E-state index in [1.165, 1.54) is 0 Å². The number of benzene rings is 1. The Morgan fingerprint density at radius 2 is 2.24 bits per heavy atom. The van der Waals surface area contributed by atoms with Crippen LogP contribution in [-0.4, -0.2) is 50.8 Å². The summed E-state index contributed by atoms with van der Waals surface area (Å²) in [5.74, 6) is 1.53. The third-order valence-electron chi connectivity index (χ3n) is 3.68. The molecule has 0 bridgehead atoms. The molecule has 6 heteroatoms. The summed E-state index contributed by atoms with van der Waals surface area (Å²) in [6.07, 6.45) is 1.58. The van der Waals surface area contributed by atoms with Crippen molar-refractivity contribution in [2.24, 2.45) is 5.73 Å². The molecule has 1 heterocycles. The van der Waals surface area contributed by atoms with Crippen LogP contribution in [0.2, 0.25) is 0 Å². The molecule has 0 saturated carbocycles. The van der Waals surface area contributed by atoms with Gasteiger partial charge in [0.1, 0.15) is 11.5 Å². The van der Waals surface area contributed by atoms with Crippen LogP contribution >= 0.6 is 0 Å². The van der Waals surface area contributed by atoms with Gasteiger partial charge in [-0.2, -0.15) is 0 Å². The number of carbonyl (C=O) groups excluding carboxylic acids is 1. The molecule has 0 radical (unpaired) electrons. The fourth-order valence-corrected chi connectivity index (χ4v) is 2.45. The number of rotatable bonds is 5. The van der Waals surface area contributed by atoms with Crippen LogP contribution < -0.4 is 20.5 Å². The number of hydrogen-bond donors (Lipinski definition) is 2. The smallest absolute Gasteiger partial charge is 0.317 e. The third-order valence-corrected chi connectivity index (χ3v) is 3.68. The van der Waals surface area contributed by atoms with Gasteiger partial charge in [-0.3, -0.25) is 0 Å². The molecule has 1 aromatic carbocycles. The Morgan fingerprint density at radius 1 is 1.43 bits per heavy atom. The van der Waals surface area contributed by atoms with Crippen molar-refractivity contribution in [3.8, 4) is 11.5 Å². The van der Waals surface area contributed by atoms with Gasteiger partial charge in [-0.05, 0) is 24.5 Å². The number of hydrogen-bond acceptors (Lipinski definition) is 4. The maximum atomic E-state index is 11.9. The number of amides is 2. The Bertz CT molecular complexity index is 493. The molecule has 1 saturated heterocycles. The van der Waals surface area contributed by atoms with E-state index in [1.54, 1.807) is 19.1 Å². The summed E-state index contributed by atoms with van der Waals surface area (Å²) in [5.41, 5.74) is 6.84. The Morgan fingerprint density at radius 3 is 2.86 bits per heavy atom. The first-order chi connectivity index (χ1) is 10.1. The monoisotopic (exact) mass is 293 g/mol. The number of ether oxygens (including phenoxy) is 2. The van der Waals surface area contributed by atoms with Gasteiger partial charge < -0.3 is 25.4 Å². The van der Waals surface area contributed by atoms with Crippen LogP contribution in [0.3, 0.4) is 0 Å². The van der Waals surface area contributed by atoms with Crippen molar-refractivity contribution in [1.29, 1.82) is 0 Å². The standard InChI is InChI=1S/C15H23N3O3/c1-20-13-4-3-11(14(9-13)21-2)5-7-17-15(19)18-8-6-12(16)10-18/h3-4,9,12H,5-8,10,16H2,1-2H3,(H,17,19). The highest BCUT2D eigenvalue weighted by molar-refractivity contribution is 5.74. The molecule has 3 N–H and O–H groups in total. The zero-order chi connectivity index (χ0) is 15.2. The lowest BCUT2D eigenvalue weighted by molar-refractivity contribution is 0.208. The second kappa shape index (κ2) is 7.17. The molecule has 0 aliphatic carbocycles. The number of methoxy groups -OCH3 is 2. The zero-order valence-electron chi connectivity index (χ0n) is 12.6. The number of urea groups is 1. The number of likely N-dealkylation sites (tertiary alicyclic amines) is 1. The summed E-state index contributed by atoms with van der Waals surface area (Å²) < 4.78 is 10.5. The van der Waals surface area contributed by atoms with Gasteiger partial charge in [-0.1, -0.05) is 6.07 Å². The Balaban J connectivity index is 1.84. The van der Waals surface area contributed by atoms with Crippen molar-refractivity contribution in [1.82, 2.24) is 10.2 Å². The topological polar surface area (TPSA) is 76.8 Å². The van der Waals surface area contributed by atoms with E-state index in [1.807, 2.05) is 18.2 Å². The minimum atomic E-state index is -0.0459. The molecule has 2 amide bonds. The predicted molar refractivity (Wildman–Crippen MR) is 80.8 cm³/mol. The zero-order valence-corrected chi connectivity index (χ0v) is 12.6. The largest absolute Gasteiger partial charge is 0.497 e. The quantitative estimate of drug-likeness (QED) is 0.849. The second-order valence-electron chi connectivity index (χ2n) is 5.15. The van der Waals surface area contributed by atoms with Gasteiger partial charge in [0.15, 0.2) is 0 Å². The van der Waals surface area contributed by atoms with Gasteiger partial charge in [0.05, 0.1) is 14.2 Å². The van der Waals surface area contributed by atoms with E-state index in [0.717, 1.165) is 30.0 Å². The number of nitrogens with one attached hydrogen (secondary N) is 1. The van der Waals surface area contributed by atoms with Crippen molar-refractivity contribution in [3.05, 3.63) is 23.8 Å². The maximum Gasteiger partial charge on any atom is 0.317 e. The fourth-order valence-electron chi connectivity index (χ4n) is 2.45. The van der Waals surface area contributed by atoms with E-state index in [9.17, 15) is 4.79 Å². The van der Waals surface area contributed by atoms with Crippen molar-refractivity contribution in [3.63, 3.8) is 0 Å². The van der Waals surface area contributed by atoms with E-state index in [4.69, 9.17) is 15.2 Å². The second-order valence-corrected chi connectivity index (χ2v) is 5.15. The first kappa shape index (κ1) is 15.4. The molecule has 2 rings (SSSR count). The van der Waals surface area contributed by atoms with Gasteiger partial charge in [-0.15, -0.1) is 0 Å². The van der Waals surface area contributed by atoms with Gasteiger partial charge in [0, 0.05) is 31.7 Å². The van der Waals surface area contributed by atoms with Crippen LogP contribution in [0.1, 0.15) is 12.0 Å². The molecular formula is C15H23N3O3. The summed E-state index contributed by atoms with van der Waals surface area (Å²) in [6, 6.07) is 5.75. The average Bonchev–Trinajstić information content (AvgIpc) is 2.94. The molecular weight excluding hydrogens is 270 g/mol. The SMILES string of the molecule is COc1ccc(CCNC(=O)N2CCC(N)C2)c(OC)c1. The Kier molecular flexibility index (Phi) is 5.27. The first-order valence-electron chi connectivity index (χ1n) is 7.13. The van der Waals surface area contributed by atoms with Crippen LogP contribution in [-0.2, 0) is 6.42 Å². The molecule has 21 heavy (non-hydrogen) atoms. The van der Waals surface area contributed by atoms with E-state index >= 15 is 0 Å². The summed E-state index contributed by atoms with van der Waals surface area (Å²) in [5, 5.41) is 2.92. The lowest BCUT2D eigenvalue weighted by atomic mass is 10.1. The Hall–Kier alpha value is -1.95. The molecule has 1 aliphatic heterocycles. The van der Waals surface area contributed by atoms with Gasteiger partial charge in [0.2, 0.25) is 0 Å². The number of carbonyl (C=O) groups is 1. The van der Waals surface area contributed by atoms with Gasteiger partial charge >= 0.3 is 6.03 Å². The molecule has 1 atom stereocenters. The highest BCUT2D eigenvalue weighted by Crippen LogP contribution is 2.24. The highest BCUT2D eigenvalue weighted by Gasteiger charge is 2.23. The van der Waals surface area contributed by atoms with Crippen LogP contribution in [0.15, 0.2) is 18.2 Å². The fraction of sp³-hybridized carbons (Fsp3) is 0.533. The van der Waals surface area contributed by atoms with Gasteiger partial charge in [0.25, 0.3) is 0 Å². The molecule has 116 valence electrons. The molecule has 6 nitrogen and oxygen atoms in total. The average molecular weight is 293 g/mol. The number of nitrogens with zero attached hydrogens (tertiary/aromatic N) is 1. The number of nitrogens with two attached hydrogens (primary N) is 1. The van der Waals surface area contributed by atoms with E-state index in [0.29, 0.717) is 19.5 Å². The molecule has 1 aromatic rings. The summed E-state index contributed by atoms with van der Waals surface area (Å²) in [7, 11) is 3.25. The van der Waals surface area contributed by atoms with E-state index in [-0.39, 0.29) is 12.1 Å². The minimum absolute atomic E-state index is 0.0459. The highest BCUT2D eigenvalue weighted by atomic mass is 16.5. The molecule has 1 fully saturated rings. The Labute approximate surface area is 125 Å². The first-order valence-corrected chi connectivity index (χ1v) is 7.13. The normalized spacial score (nSPS) is 17.7. The maximum absolute atomic E-state index is 11.9. The van der Waals surface area contributed by atoms with Crippen molar-refractivity contribution < 1.29 is 14.3 Å². The van der Waals surface area contributed by atoms with Crippen LogP contribution in [0.25, 0.3) is 0 Å². The van der Waals surface area contributed by atoms with Crippen molar-refractivity contribution in [2.45, 2.75) is 18.9 Å². The van der Waals surface area contributed by atoms with Crippen LogP contribution in [0.4, 0.5) is 4.79 Å². The van der Waals surface area contributed by atoms with Gasteiger partial charge in [-0.25, -0.2) is 4.79 Å². The molecule has 0 aromatic heterocycles.